The van der Waals surface area contributed by atoms with Gasteiger partial charge in [-0.2, -0.15) is 0 Å². The summed E-state index contributed by atoms with van der Waals surface area (Å²) in [6.07, 6.45) is 3.57. The molecule has 2 heterocycles. The summed E-state index contributed by atoms with van der Waals surface area (Å²) in [5.74, 6) is 0.928. The average Bonchev–Trinajstić information content (AvgIpc) is 2.72. The van der Waals surface area contributed by atoms with Gasteiger partial charge in [-0.15, -0.1) is 0 Å². The second-order valence-corrected chi connectivity index (χ2v) is 4.72. The van der Waals surface area contributed by atoms with Crippen LogP contribution in [0.1, 0.15) is 16.8 Å². The summed E-state index contributed by atoms with van der Waals surface area (Å²) in [5, 5.41) is 0.793. The topological polar surface area (TPSA) is 29.0 Å². The van der Waals surface area contributed by atoms with Gasteiger partial charge < -0.3 is 4.90 Å². The molecule has 0 atom stereocenters. The third-order valence-corrected chi connectivity index (χ3v) is 3.19. The van der Waals surface area contributed by atoms with E-state index in [0.29, 0.717) is 0 Å². The van der Waals surface area contributed by atoms with Crippen LogP contribution in [0.4, 0.5) is 5.82 Å². The maximum absolute atomic E-state index is 6.00. The number of hydrogen-bond acceptors (Lipinski definition) is 3. The van der Waals surface area contributed by atoms with E-state index in [9.17, 15) is 0 Å². The first-order chi connectivity index (χ1) is 8.22. The molecule has 0 N–H and O–H groups in total. The van der Waals surface area contributed by atoms with Gasteiger partial charge in [0.25, 0.3) is 0 Å². The van der Waals surface area contributed by atoms with Gasteiger partial charge in [0.2, 0.25) is 0 Å². The first-order valence-electron chi connectivity index (χ1n) is 5.53. The SMILES string of the molecule is Cc1cncc(N2Cc3ccc(Cl)cc3C2)n1. The standard InChI is InChI=1S/C13H12ClN3/c1-9-5-15-6-13(16-9)17-7-10-2-3-12(14)4-11(10)8-17/h2-6H,7-8H2,1H3. The van der Waals surface area contributed by atoms with Crippen LogP contribution >= 0.6 is 11.6 Å². The van der Waals surface area contributed by atoms with Gasteiger partial charge in [0, 0.05) is 24.3 Å². The van der Waals surface area contributed by atoms with Crippen LogP contribution in [0, 0.1) is 6.92 Å². The zero-order valence-electron chi connectivity index (χ0n) is 9.52. The maximum Gasteiger partial charge on any atom is 0.147 e. The van der Waals surface area contributed by atoms with E-state index in [2.05, 4.69) is 20.9 Å². The minimum Gasteiger partial charge on any atom is -0.347 e. The van der Waals surface area contributed by atoms with Crippen LogP contribution in [0.2, 0.25) is 5.02 Å². The highest BCUT2D eigenvalue weighted by Gasteiger charge is 2.20. The van der Waals surface area contributed by atoms with Crippen LogP contribution in [-0.4, -0.2) is 9.97 Å². The molecule has 0 bridgehead atoms. The normalized spacial score (nSPS) is 13.9. The molecular formula is C13H12ClN3. The zero-order chi connectivity index (χ0) is 11.8. The molecule has 1 aliphatic heterocycles. The second-order valence-electron chi connectivity index (χ2n) is 4.29. The van der Waals surface area contributed by atoms with Crippen LogP contribution in [0.5, 0.6) is 0 Å². The molecule has 2 aromatic rings. The van der Waals surface area contributed by atoms with Crippen molar-refractivity contribution in [2.24, 2.45) is 0 Å². The molecule has 3 nitrogen and oxygen atoms in total. The van der Waals surface area contributed by atoms with E-state index in [1.165, 1.54) is 11.1 Å². The smallest absolute Gasteiger partial charge is 0.147 e. The summed E-state index contributed by atoms with van der Waals surface area (Å²) < 4.78 is 0. The molecule has 17 heavy (non-hydrogen) atoms. The highest BCUT2D eigenvalue weighted by Crippen LogP contribution is 2.28. The van der Waals surface area contributed by atoms with Crippen molar-refractivity contribution in [3.05, 3.63) is 52.4 Å². The van der Waals surface area contributed by atoms with Gasteiger partial charge in [-0.1, -0.05) is 17.7 Å². The Balaban J connectivity index is 1.91. The van der Waals surface area contributed by atoms with Crippen LogP contribution in [0.25, 0.3) is 0 Å². The predicted molar refractivity (Wildman–Crippen MR) is 68.1 cm³/mol. The predicted octanol–water partition coefficient (Wildman–Crippen LogP) is 2.96. The molecule has 0 amide bonds. The highest BCUT2D eigenvalue weighted by atomic mass is 35.5. The summed E-state index contributed by atoms with van der Waals surface area (Å²) in [6, 6.07) is 6.05. The first kappa shape index (κ1) is 10.5. The van der Waals surface area contributed by atoms with E-state index >= 15 is 0 Å². The Morgan fingerprint density at radius 1 is 1.18 bits per heavy atom. The molecule has 0 saturated heterocycles. The van der Waals surface area contributed by atoms with E-state index in [1.807, 2.05) is 19.1 Å². The van der Waals surface area contributed by atoms with Gasteiger partial charge >= 0.3 is 0 Å². The molecule has 0 aliphatic carbocycles. The zero-order valence-corrected chi connectivity index (χ0v) is 10.3. The fourth-order valence-electron chi connectivity index (χ4n) is 2.13. The Bertz CT molecular complexity index is 568. The molecule has 0 radical (unpaired) electrons. The van der Waals surface area contributed by atoms with E-state index in [-0.39, 0.29) is 0 Å². The Kier molecular flexibility index (Phi) is 2.48. The summed E-state index contributed by atoms with van der Waals surface area (Å²) in [4.78, 5) is 10.9. The first-order valence-corrected chi connectivity index (χ1v) is 5.91. The quantitative estimate of drug-likeness (QED) is 0.774. The van der Waals surface area contributed by atoms with Crippen molar-refractivity contribution in [1.82, 2.24) is 9.97 Å². The van der Waals surface area contributed by atoms with Crippen molar-refractivity contribution in [2.75, 3.05) is 4.90 Å². The molecular weight excluding hydrogens is 234 g/mol. The van der Waals surface area contributed by atoms with Crippen LogP contribution in [-0.2, 0) is 13.1 Å². The monoisotopic (exact) mass is 245 g/mol. The summed E-state index contributed by atoms with van der Waals surface area (Å²) in [5.41, 5.74) is 3.54. The average molecular weight is 246 g/mol. The summed E-state index contributed by atoms with van der Waals surface area (Å²) >= 11 is 6.00. The lowest BCUT2D eigenvalue weighted by Crippen LogP contribution is -2.16. The Labute approximate surface area is 105 Å². The minimum absolute atomic E-state index is 0.793. The molecule has 4 heteroatoms. The Hall–Kier alpha value is -1.61. The van der Waals surface area contributed by atoms with E-state index in [4.69, 9.17) is 11.6 Å². The second kappa shape index (κ2) is 4.00. The Morgan fingerprint density at radius 2 is 2.00 bits per heavy atom. The summed E-state index contributed by atoms with van der Waals surface area (Å²) in [6.45, 7) is 3.69. The van der Waals surface area contributed by atoms with E-state index < -0.39 is 0 Å². The molecule has 1 aromatic heterocycles. The lowest BCUT2D eigenvalue weighted by molar-refractivity contribution is 0.844. The fourth-order valence-corrected chi connectivity index (χ4v) is 2.32. The van der Waals surface area contributed by atoms with Crippen molar-refractivity contribution in [2.45, 2.75) is 20.0 Å². The number of aromatic nitrogens is 2. The molecule has 0 fully saturated rings. The highest BCUT2D eigenvalue weighted by molar-refractivity contribution is 6.30. The molecule has 86 valence electrons. The van der Waals surface area contributed by atoms with Crippen molar-refractivity contribution < 1.29 is 0 Å². The number of nitrogens with zero attached hydrogens (tertiary/aromatic N) is 3. The van der Waals surface area contributed by atoms with Gasteiger partial charge in [-0.05, 0) is 30.2 Å². The van der Waals surface area contributed by atoms with Gasteiger partial charge in [-0.3, -0.25) is 4.98 Å². The number of rotatable bonds is 1. The van der Waals surface area contributed by atoms with Crippen LogP contribution in [0.3, 0.4) is 0 Å². The molecule has 0 spiro atoms. The van der Waals surface area contributed by atoms with E-state index in [1.54, 1.807) is 12.4 Å². The number of benzene rings is 1. The van der Waals surface area contributed by atoms with Crippen molar-refractivity contribution in [3.63, 3.8) is 0 Å². The van der Waals surface area contributed by atoms with Gasteiger partial charge in [0.05, 0.1) is 11.9 Å². The molecule has 3 rings (SSSR count). The lowest BCUT2D eigenvalue weighted by Gasteiger charge is -2.15. The minimum atomic E-state index is 0.793. The number of aryl methyl sites for hydroxylation is 1. The lowest BCUT2D eigenvalue weighted by atomic mass is 10.1. The van der Waals surface area contributed by atoms with Crippen molar-refractivity contribution in [1.29, 1.82) is 0 Å². The molecule has 0 unspecified atom stereocenters. The number of anilines is 1. The fraction of sp³-hybridized carbons (Fsp3) is 0.231. The molecule has 1 aromatic carbocycles. The third kappa shape index (κ3) is 1.98. The van der Waals surface area contributed by atoms with E-state index in [0.717, 1.165) is 29.6 Å². The number of hydrogen-bond donors (Lipinski definition) is 0. The number of halogens is 1. The molecule has 1 aliphatic rings. The van der Waals surface area contributed by atoms with Gasteiger partial charge in [-0.25, -0.2) is 4.98 Å². The van der Waals surface area contributed by atoms with Crippen LogP contribution in [0.15, 0.2) is 30.6 Å². The molecule has 0 saturated carbocycles. The van der Waals surface area contributed by atoms with Gasteiger partial charge in [0.1, 0.15) is 5.82 Å². The van der Waals surface area contributed by atoms with Gasteiger partial charge in [0.15, 0.2) is 0 Å². The Morgan fingerprint density at radius 3 is 2.82 bits per heavy atom. The number of fused-ring (bicyclic) bond motifs is 1. The van der Waals surface area contributed by atoms with Crippen LogP contribution < -0.4 is 4.90 Å². The largest absolute Gasteiger partial charge is 0.347 e. The van der Waals surface area contributed by atoms with Crippen molar-refractivity contribution >= 4 is 17.4 Å². The summed E-state index contributed by atoms with van der Waals surface area (Å²) in [7, 11) is 0. The van der Waals surface area contributed by atoms with Crippen molar-refractivity contribution in [3.8, 4) is 0 Å². The maximum atomic E-state index is 6.00. The third-order valence-electron chi connectivity index (χ3n) is 2.96.